The predicted octanol–water partition coefficient (Wildman–Crippen LogP) is 9.64. The molecule has 10 aromatic rings. The number of nitrogens with one attached hydrogen (secondary N) is 2. The lowest BCUT2D eigenvalue weighted by atomic mass is 10.0. The number of hydrogen-bond acceptors (Lipinski definition) is 10. The number of benzene rings is 6. The van der Waals surface area contributed by atoms with Crippen LogP contribution < -0.4 is 0 Å². The summed E-state index contributed by atoms with van der Waals surface area (Å²) in [7, 11) is 0. The first-order valence-corrected chi connectivity index (χ1v) is 26.8. The van der Waals surface area contributed by atoms with E-state index in [0.717, 1.165) is 114 Å². The van der Waals surface area contributed by atoms with E-state index in [1.807, 2.05) is 9.36 Å². The second kappa shape index (κ2) is 24.9. The standard InChI is InChI=1S/2C31H33N7/c2*1-3-10-25(11-4-1)12-9-18-36-20-22-37(23-21-36)30(26-13-5-2-6-14-26)31-33-34-35-38(31)19-17-27-24-32-29-16-8-7-15-28(27)29/h2*1-16,24,30,32H,17-23H2/b2*12-9+/t2*30-/m10/s1. The highest BCUT2D eigenvalue weighted by atomic mass is 15.6. The highest BCUT2D eigenvalue weighted by molar-refractivity contribution is 5.83. The van der Waals surface area contributed by atoms with Crippen LogP contribution >= 0.6 is 0 Å². The zero-order valence-electron chi connectivity index (χ0n) is 43.1. The summed E-state index contributed by atoms with van der Waals surface area (Å²) >= 11 is 0. The molecule has 2 aliphatic heterocycles. The van der Waals surface area contributed by atoms with Crippen molar-refractivity contribution in [3.8, 4) is 0 Å². The van der Waals surface area contributed by atoms with E-state index in [2.05, 4.69) is 267 Å². The summed E-state index contributed by atoms with van der Waals surface area (Å²) in [4.78, 5) is 16.8. The van der Waals surface area contributed by atoms with Gasteiger partial charge in [0.05, 0.1) is 12.1 Å². The topological polar surface area (TPSA) is 132 Å². The SMILES string of the molecule is C(=C\c1ccccc1)/CN1CCN([C@@H](c2ccccc2)c2nnnn2CCc2c[nH]c3ccccc23)CC1.C(=C\c1ccccc1)/CN1CCN([C@H](c2ccccc2)c2nnnn2CCc2c[nH]c3ccccc23)CC1. The van der Waals surface area contributed by atoms with Gasteiger partial charge in [-0.05, 0) is 79.2 Å². The maximum absolute atomic E-state index is 4.56. The van der Waals surface area contributed by atoms with E-state index in [-0.39, 0.29) is 12.1 Å². The normalized spacial score (nSPS) is 15.9. The quantitative estimate of drug-likeness (QED) is 0.0857. The Balaban J connectivity index is 0.000000162. The van der Waals surface area contributed by atoms with Crippen molar-refractivity contribution in [3.63, 3.8) is 0 Å². The summed E-state index contributed by atoms with van der Waals surface area (Å²) in [5, 5.41) is 28.7. The first-order chi connectivity index (χ1) is 37.7. The molecule has 384 valence electrons. The number of fused-ring (bicyclic) bond motifs is 2. The first kappa shape index (κ1) is 50.0. The van der Waals surface area contributed by atoms with E-state index in [0.29, 0.717) is 0 Å². The van der Waals surface area contributed by atoms with E-state index in [1.165, 1.54) is 44.2 Å². The Morgan fingerprint density at radius 3 is 1.20 bits per heavy atom. The van der Waals surface area contributed by atoms with Gasteiger partial charge in [0.2, 0.25) is 0 Å². The van der Waals surface area contributed by atoms with Gasteiger partial charge in [-0.1, -0.05) is 182 Å². The van der Waals surface area contributed by atoms with Gasteiger partial charge in [-0.2, -0.15) is 0 Å². The molecule has 2 N–H and O–H groups in total. The summed E-state index contributed by atoms with van der Waals surface area (Å²) in [6.45, 7) is 11.3. The second-order valence-corrected chi connectivity index (χ2v) is 19.7. The molecule has 4 aromatic heterocycles. The van der Waals surface area contributed by atoms with Crippen molar-refractivity contribution in [1.82, 2.24) is 70.0 Å². The molecule has 0 bridgehead atoms. The number of tetrazole rings is 2. The van der Waals surface area contributed by atoms with Gasteiger partial charge in [-0.15, -0.1) is 10.2 Å². The highest BCUT2D eigenvalue weighted by Crippen LogP contribution is 2.31. The van der Waals surface area contributed by atoms with E-state index in [4.69, 9.17) is 0 Å². The minimum atomic E-state index is 0.0242. The van der Waals surface area contributed by atoms with Gasteiger partial charge in [-0.3, -0.25) is 19.6 Å². The molecule has 14 nitrogen and oxygen atoms in total. The monoisotopic (exact) mass is 1010 g/mol. The molecule has 0 saturated carbocycles. The Morgan fingerprint density at radius 1 is 0.421 bits per heavy atom. The second-order valence-electron chi connectivity index (χ2n) is 19.7. The van der Waals surface area contributed by atoms with Crippen molar-refractivity contribution < 1.29 is 0 Å². The largest absolute Gasteiger partial charge is 0.361 e. The minimum absolute atomic E-state index is 0.0242. The van der Waals surface area contributed by atoms with Crippen LogP contribution in [0.25, 0.3) is 34.0 Å². The number of aryl methyl sites for hydroxylation is 4. The fourth-order valence-electron chi connectivity index (χ4n) is 10.8. The first-order valence-electron chi connectivity index (χ1n) is 26.8. The Hall–Kier alpha value is -8.14. The lowest BCUT2D eigenvalue weighted by Gasteiger charge is -2.38. The van der Waals surface area contributed by atoms with E-state index < -0.39 is 0 Å². The molecule has 14 heteroatoms. The molecule has 2 fully saturated rings. The van der Waals surface area contributed by atoms with Crippen LogP contribution in [0.5, 0.6) is 0 Å². The van der Waals surface area contributed by atoms with Crippen molar-refractivity contribution in [2.24, 2.45) is 0 Å². The molecule has 2 atom stereocenters. The average molecular weight is 1010 g/mol. The molecule has 0 unspecified atom stereocenters. The van der Waals surface area contributed by atoms with Crippen molar-refractivity contribution in [2.75, 3.05) is 65.4 Å². The van der Waals surface area contributed by atoms with Crippen LogP contribution in [-0.4, -0.2) is 135 Å². The summed E-state index contributed by atoms with van der Waals surface area (Å²) in [5.41, 5.74) is 9.85. The molecular weight excluding hydrogens is 941 g/mol. The van der Waals surface area contributed by atoms with Crippen LogP contribution in [0, 0.1) is 0 Å². The molecule has 0 aliphatic carbocycles. The molecule has 6 heterocycles. The zero-order chi connectivity index (χ0) is 51.1. The molecule has 0 amide bonds. The smallest absolute Gasteiger partial charge is 0.173 e. The number of piperazine rings is 2. The molecule has 12 rings (SSSR count). The van der Waals surface area contributed by atoms with Crippen molar-refractivity contribution >= 4 is 34.0 Å². The van der Waals surface area contributed by atoms with Crippen LogP contribution in [0.15, 0.2) is 194 Å². The van der Waals surface area contributed by atoms with Crippen molar-refractivity contribution in [2.45, 2.75) is 38.0 Å². The molecular formula is C62H66N14. The van der Waals surface area contributed by atoms with Crippen molar-refractivity contribution in [1.29, 1.82) is 0 Å². The lowest BCUT2D eigenvalue weighted by Crippen LogP contribution is -2.48. The van der Waals surface area contributed by atoms with Crippen LogP contribution in [0.4, 0.5) is 0 Å². The third kappa shape index (κ3) is 12.3. The maximum atomic E-state index is 4.56. The Morgan fingerprint density at radius 2 is 0.789 bits per heavy atom. The van der Waals surface area contributed by atoms with Crippen LogP contribution in [0.1, 0.15) is 57.1 Å². The van der Waals surface area contributed by atoms with Gasteiger partial charge >= 0.3 is 0 Å². The number of aromatic nitrogens is 10. The summed E-state index contributed by atoms with van der Waals surface area (Å²) in [6.07, 6.45) is 14.9. The average Bonchev–Trinajstić information content (AvgIpc) is 4.33. The molecule has 6 aromatic carbocycles. The third-order valence-corrected chi connectivity index (χ3v) is 14.9. The van der Waals surface area contributed by atoms with Gasteiger partial charge in [0.15, 0.2) is 11.6 Å². The van der Waals surface area contributed by atoms with E-state index in [1.54, 1.807) is 0 Å². The number of nitrogens with zero attached hydrogens (tertiary/aromatic N) is 12. The van der Waals surface area contributed by atoms with Gasteiger partial charge in [0.25, 0.3) is 0 Å². The fourth-order valence-corrected chi connectivity index (χ4v) is 10.8. The number of aromatic amines is 2. The number of H-pyrrole nitrogens is 2. The van der Waals surface area contributed by atoms with Gasteiger partial charge < -0.3 is 9.97 Å². The van der Waals surface area contributed by atoms with Gasteiger partial charge in [-0.25, -0.2) is 9.36 Å². The summed E-state index contributed by atoms with van der Waals surface area (Å²) in [5.74, 6) is 1.82. The molecule has 76 heavy (non-hydrogen) atoms. The number of hydrogen-bond donors (Lipinski definition) is 2. The van der Waals surface area contributed by atoms with Crippen LogP contribution in [0.3, 0.4) is 0 Å². The predicted molar refractivity (Wildman–Crippen MR) is 303 cm³/mol. The zero-order valence-corrected chi connectivity index (χ0v) is 43.1. The molecule has 2 aliphatic rings. The van der Waals surface area contributed by atoms with Crippen LogP contribution in [-0.2, 0) is 25.9 Å². The molecule has 0 spiro atoms. The Kier molecular flexibility index (Phi) is 16.4. The van der Waals surface area contributed by atoms with E-state index in [9.17, 15) is 0 Å². The highest BCUT2D eigenvalue weighted by Gasteiger charge is 2.32. The summed E-state index contributed by atoms with van der Waals surface area (Å²) in [6, 6.07) is 59.2. The summed E-state index contributed by atoms with van der Waals surface area (Å²) < 4.78 is 3.99. The number of rotatable bonds is 18. The van der Waals surface area contributed by atoms with Crippen LogP contribution in [0.2, 0.25) is 0 Å². The fraction of sp³-hybridized carbons (Fsp3) is 0.258. The maximum Gasteiger partial charge on any atom is 0.173 e. The minimum Gasteiger partial charge on any atom is -0.361 e. The van der Waals surface area contributed by atoms with Gasteiger partial charge in [0.1, 0.15) is 0 Å². The molecule has 2 saturated heterocycles. The third-order valence-electron chi connectivity index (χ3n) is 14.9. The van der Waals surface area contributed by atoms with Gasteiger partial charge in [0, 0.05) is 113 Å². The Labute approximate surface area is 445 Å². The van der Waals surface area contributed by atoms with Crippen molar-refractivity contribution in [3.05, 3.63) is 239 Å². The number of para-hydroxylation sites is 2. The Bertz CT molecular complexity index is 3160. The lowest BCUT2D eigenvalue weighted by molar-refractivity contribution is 0.112. The molecule has 0 radical (unpaired) electrons. The van der Waals surface area contributed by atoms with E-state index >= 15 is 0 Å².